The number of piperidine rings is 1. The molecule has 3 N–H and O–H groups in total. The van der Waals surface area contributed by atoms with Crippen LogP contribution in [-0.4, -0.2) is 77.3 Å². The number of hydrogen-bond donors (Lipinski definition) is 3. The van der Waals surface area contributed by atoms with Gasteiger partial charge in [0, 0.05) is 58.7 Å². The van der Waals surface area contributed by atoms with E-state index in [1.807, 2.05) is 7.05 Å². The van der Waals surface area contributed by atoms with E-state index in [0.717, 1.165) is 88.9 Å². The standard InChI is InChI=1S/C22H40N8O/c1-3-12-24-21(31)17-29-15-10-18(11-16-29)26-22(23-2)25-13-7-9-20-28-27-19-8-5-4-6-14-30(19)20/h18H,3-17H2,1-2H3,(H,24,31)(H2,23,25,26). The van der Waals surface area contributed by atoms with Crippen LogP contribution in [0.25, 0.3) is 0 Å². The summed E-state index contributed by atoms with van der Waals surface area (Å²) in [6, 6.07) is 0.397. The van der Waals surface area contributed by atoms with Crippen LogP contribution in [0.3, 0.4) is 0 Å². The normalized spacial score (nSPS) is 18.3. The summed E-state index contributed by atoms with van der Waals surface area (Å²) in [5.74, 6) is 3.28. The molecular weight excluding hydrogens is 392 g/mol. The molecule has 0 radical (unpaired) electrons. The zero-order chi connectivity index (χ0) is 21.9. The number of aromatic nitrogens is 3. The smallest absolute Gasteiger partial charge is 0.234 e. The molecule has 1 aromatic rings. The summed E-state index contributed by atoms with van der Waals surface area (Å²) < 4.78 is 2.33. The first-order valence-electron chi connectivity index (χ1n) is 12.1. The molecule has 9 nitrogen and oxygen atoms in total. The third kappa shape index (κ3) is 7.48. The summed E-state index contributed by atoms with van der Waals surface area (Å²) in [4.78, 5) is 18.5. The monoisotopic (exact) mass is 432 g/mol. The van der Waals surface area contributed by atoms with Crippen molar-refractivity contribution in [2.75, 3.05) is 39.8 Å². The molecule has 1 fully saturated rings. The van der Waals surface area contributed by atoms with Crippen LogP contribution in [0, 0.1) is 0 Å². The number of guanidine groups is 1. The molecule has 3 rings (SSSR count). The maximum absolute atomic E-state index is 11.9. The SMILES string of the molecule is CCCNC(=O)CN1CCC(NC(=NC)NCCCc2nnc3n2CCCCC3)CC1. The summed E-state index contributed by atoms with van der Waals surface area (Å²) >= 11 is 0. The van der Waals surface area contributed by atoms with E-state index in [-0.39, 0.29) is 5.91 Å². The molecule has 31 heavy (non-hydrogen) atoms. The Morgan fingerprint density at radius 3 is 2.71 bits per heavy atom. The summed E-state index contributed by atoms with van der Waals surface area (Å²) in [7, 11) is 1.82. The van der Waals surface area contributed by atoms with Crippen molar-refractivity contribution >= 4 is 11.9 Å². The van der Waals surface area contributed by atoms with Crippen LogP contribution in [0.15, 0.2) is 4.99 Å². The Morgan fingerprint density at radius 1 is 1.10 bits per heavy atom. The first-order valence-corrected chi connectivity index (χ1v) is 12.1. The van der Waals surface area contributed by atoms with E-state index < -0.39 is 0 Å². The second-order valence-electron chi connectivity index (χ2n) is 8.64. The van der Waals surface area contributed by atoms with Gasteiger partial charge >= 0.3 is 0 Å². The van der Waals surface area contributed by atoms with Crippen LogP contribution in [0.5, 0.6) is 0 Å². The largest absolute Gasteiger partial charge is 0.356 e. The summed E-state index contributed by atoms with van der Waals surface area (Å²) in [5.41, 5.74) is 0. The third-order valence-electron chi connectivity index (χ3n) is 6.15. The highest BCUT2D eigenvalue weighted by atomic mass is 16.2. The van der Waals surface area contributed by atoms with E-state index in [9.17, 15) is 4.79 Å². The summed E-state index contributed by atoms with van der Waals surface area (Å²) in [6.07, 6.45) is 9.77. The minimum absolute atomic E-state index is 0.135. The molecule has 0 unspecified atom stereocenters. The zero-order valence-corrected chi connectivity index (χ0v) is 19.3. The lowest BCUT2D eigenvalue weighted by molar-refractivity contribution is -0.122. The highest BCUT2D eigenvalue weighted by Crippen LogP contribution is 2.15. The number of nitrogens with zero attached hydrogens (tertiary/aromatic N) is 5. The number of carbonyl (C=O) groups excluding carboxylic acids is 1. The number of fused-ring (bicyclic) bond motifs is 1. The number of hydrogen-bond acceptors (Lipinski definition) is 5. The number of nitrogens with one attached hydrogen (secondary N) is 3. The van der Waals surface area contributed by atoms with Crippen molar-refractivity contribution in [3.63, 3.8) is 0 Å². The highest BCUT2D eigenvalue weighted by molar-refractivity contribution is 5.80. The molecule has 0 aromatic carbocycles. The molecule has 2 aliphatic heterocycles. The number of rotatable bonds is 9. The average Bonchev–Trinajstić information content (AvgIpc) is 3.01. The van der Waals surface area contributed by atoms with Crippen molar-refractivity contribution in [2.24, 2.45) is 4.99 Å². The molecule has 0 spiro atoms. The molecule has 0 bridgehead atoms. The van der Waals surface area contributed by atoms with Gasteiger partial charge in [-0.25, -0.2) is 0 Å². The minimum atomic E-state index is 0.135. The predicted octanol–water partition coefficient (Wildman–Crippen LogP) is 1.09. The maximum atomic E-state index is 11.9. The molecule has 0 saturated carbocycles. The van der Waals surface area contributed by atoms with Crippen molar-refractivity contribution in [3.8, 4) is 0 Å². The number of aliphatic imine (C=N–C) groups is 1. The molecule has 9 heteroatoms. The van der Waals surface area contributed by atoms with Crippen molar-refractivity contribution in [3.05, 3.63) is 11.6 Å². The first kappa shape index (κ1) is 23.5. The van der Waals surface area contributed by atoms with Gasteiger partial charge in [0.15, 0.2) is 5.96 Å². The molecule has 174 valence electrons. The maximum Gasteiger partial charge on any atom is 0.234 e. The van der Waals surface area contributed by atoms with Crippen LogP contribution in [0.1, 0.15) is 63.5 Å². The Labute approximate surface area is 186 Å². The van der Waals surface area contributed by atoms with Gasteiger partial charge in [0.05, 0.1) is 6.54 Å². The van der Waals surface area contributed by atoms with Gasteiger partial charge in [-0.2, -0.15) is 0 Å². The van der Waals surface area contributed by atoms with Crippen LogP contribution in [0.4, 0.5) is 0 Å². The minimum Gasteiger partial charge on any atom is -0.356 e. The molecule has 1 saturated heterocycles. The summed E-state index contributed by atoms with van der Waals surface area (Å²) in [5, 5.41) is 18.8. The van der Waals surface area contributed by atoms with Gasteiger partial charge in [0.2, 0.25) is 5.91 Å². The Kier molecular flexibility index (Phi) is 9.58. The molecule has 1 aromatic heterocycles. The topological polar surface area (TPSA) is 99.5 Å². The van der Waals surface area contributed by atoms with Gasteiger partial charge in [0.25, 0.3) is 0 Å². The molecule has 3 heterocycles. The highest BCUT2D eigenvalue weighted by Gasteiger charge is 2.21. The van der Waals surface area contributed by atoms with E-state index in [0.29, 0.717) is 12.6 Å². The van der Waals surface area contributed by atoms with Crippen LogP contribution in [0.2, 0.25) is 0 Å². The van der Waals surface area contributed by atoms with E-state index in [1.54, 1.807) is 0 Å². The average molecular weight is 433 g/mol. The van der Waals surface area contributed by atoms with Gasteiger partial charge in [-0.1, -0.05) is 13.3 Å². The Hall–Kier alpha value is -2.16. The second-order valence-corrected chi connectivity index (χ2v) is 8.64. The van der Waals surface area contributed by atoms with Gasteiger partial charge in [-0.05, 0) is 38.5 Å². The van der Waals surface area contributed by atoms with Crippen LogP contribution in [-0.2, 0) is 24.2 Å². The lowest BCUT2D eigenvalue weighted by Crippen LogP contribution is -2.50. The van der Waals surface area contributed by atoms with Crippen molar-refractivity contribution in [1.82, 2.24) is 35.6 Å². The third-order valence-corrected chi connectivity index (χ3v) is 6.15. The zero-order valence-electron chi connectivity index (χ0n) is 19.3. The lowest BCUT2D eigenvalue weighted by Gasteiger charge is -2.32. The molecule has 2 aliphatic rings. The second kappa shape index (κ2) is 12.6. The number of likely N-dealkylation sites (tertiary alicyclic amines) is 1. The van der Waals surface area contributed by atoms with Crippen molar-refractivity contribution < 1.29 is 4.79 Å². The molecule has 0 aliphatic carbocycles. The number of carbonyl (C=O) groups is 1. The van der Waals surface area contributed by atoms with Crippen LogP contribution >= 0.6 is 0 Å². The Balaban J connectivity index is 1.32. The summed E-state index contributed by atoms with van der Waals surface area (Å²) in [6.45, 7) is 7.13. The van der Waals surface area contributed by atoms with Gasteiger partial charge in [-0.3, -0.25) is 14.7 Å². The Morgan fingerprint density at radius 2 is 1.94 bits per heavy atom. The van der Waals surface area contributed by atoms with Crippen molar-refractivity contribution in [1.29, 1.82) is 0 Å². The van der Waals surface area contributed by atoms with Gasteiger partial charge in [0.1, 0.15) is 11.6 Å². The first-order chi connectivity index (χ1) is 15.2. The van der Waals surface area contributed by atoms with E-state index in [1.165, 1.54) is 19.3 Å². The predicted molar refractivity (Wildman–Crippen MR) is 123 cm³/mol. The molecule has 0 atom stereocenters. The fraction of sp³-hybridized carbons (Fsp3) is 0.818. The molecule has 1 amide bonds. The Bertz CT molecular complexity index is 708. The fourth-order valence-corrected chi connectivity index (χ4v) is 4.33. The number of amides is 1. The van der Waals surface area contributed by atoms with Gasteiger partial charge < -0.3 is 20.5 Å². The van der Waals surface area contributed by atoms with E-state index in [2.05, 4.69) is 47.5 Å². The van der Waals surface area contributed by atoms with E-state index in [4.69, 9.17) is 0 Å². The van der Waals surface area contributed by atoms with Gasteiger partial charge in [-0.15, -0.1) is 10.2 Å². The quantitative estimate of drug-likeness (QED) is 0.307. The van der Waals surface area contributed by atoms with E-state index >= 15 is 0 Å². The fourth-order valence-electron chi connectivity index (χ4n) is 4.33. The van der Waals surface area contributed by atoms with Crippen molar-refractivity contribution in [2.45, 2.75) is 77.3 Å². The lowest BCUT2D eigenvalue weighted by atomic mass is 10.1. The molecular formula is C22H40N8O. The number of aryl methyl sites for hydroxylation is 2. The van der Waals surface area contributed by atoms with Crippen LogP contribution < -0.4 is 16.0 Å².